The van der Waals surface area contributed by atoms with Gasteiger partial charge in [0.1, 0.15) is 11.6 Å². The predicted octanol–water partition coefficient (Wildman–Crippen LogP) is 4.22. The SMILES string of the molecule is COc1ccc(S(=O)(=O)Nc2ccc(Cl)c(C(=O)NCc3ccccc3F)c2)cc1. The van der Waals surface area contributed by atoms with Crippen molar-refractivity contribution in [1.82, 2.24) is 5.32 Å². The van der Waals surface area contributed by atoms with Gasteiger partial charge in [0.05, 0.1) is 22.6 Å². The van der Waals surface area contributed by atoms with Gasteiger partial charge < -0.3 is 10.1 Å². The molecule has 0 aliphatic carbocycles. The first-order chi connectivity index (χ1) is 14.3. The summed E-state index contributed by atoms with van der Waals surface area (Å²) in [6, 6.07) is 16.1. The van der Waals surface area contributed by atoms with E-state index in [1.54, 1.807) is 18.2 Å². The van der Waals surface area contributed by atoms with E-state index in [1.807, 2.05) is 0 Å². The molecule has 0 fully saturated rings. The molecule has 0 radical (unpaired) electrons. The number of hydrogen-bond acceptors (Lipinski definition) is 4. The van der Waals surface area contributed by atoms with Crippen LogP contribution in [0.5, 0.6) is 5.75 Å². The van der Waals surface area contributed by atoms with Gasteiger partial charge in [-0.05, 0) is 48.5 Å². The molecule has 0 saturated heterocycles. The molecule has 1 amide bonds. The summed E-state index contributed by atoms with van der Waals surface area (Å²) in [6.07, 6.45) is 0. The molecule has 156 valence electrons. The molecular weight excluding hydrogens is 431 g/mol. The second-order valence-electron chi connectivity index (χ2n) is 6.25. The fraction of sp³-hybridized carbons (Fsp3) is 0.0952. The highest BCUT2D eigenvalue weighted by Gasteiger charge is 2.17. The van der Waals surface area contributed by atoms with Gasteiger partial charge >= 0.3 is 0 Å². The standard InChI is InChI=1S/C21H18ClFN2O4S/c1-29-16-7-9-17(10-8-16)30(27,28)25-15-6-11-19(22)18(12-15)21(26)24-13-14-4-2-3-5-20(14)23/h2-12,25H,13H2,1H3,(H,24,26). The molecule has 0 spiro atoms. The van der Waals surface area contributed by atoms with Crippen LogP contribution in [-0.2, 0) is 16.6 Å². The Hall–Kier alpha value is -3.10. The normalized spacial score (nSPS) is 11.0. The minimum atomic E-state index is -3.88. The van der Waals surface area contributed by atoms with Crippen molar-refractivity contribution in [3.63, 3.8) is 0 Å². The van der Waals surface area contributed by atoms with Crippen LogP contribution in [0.1, 0.15) is 15.9 Å². The van der Waals surface area contributed by atoms with Gasteiger partial charge in [-0.3, -0.25) is 9.52 Å². The highest BCUT2D eigenvalue weighted by molar-refractivity contribution is 7.92. The van der Waals surface area contributed by atoms with Crippen molar-refractivity contribution in [3.8, 4) is 5.75 Å². The summed E-state index contributed by atoms with van der Waals surface area (Å²) < 4.78 is 46.3. The molecule has 0 heterocycles. The van der Waals surface area contributed by atoms with Crippen LogP contribution in [0.15, 0.2) is 71.6 Å². The van der Waals surface area contributed by atoms with Crippen molar-refractivity contribution in [2.75, 3.05) is 11.8 Å². The number of benzene rings is 3. The largest absolute Gasteiger partial charge is 0.497 e. The highest BCUT2D eigenvalue weighted by atomic mass is 35.5. The van der Waals surface area contributed by atoms with E-state index in [0.717, 1.165) is 0 Å². The summed E-state index contributed by atoms with van der Waals surface area (Å²) in [5.41, 5.74) is 0.535. The lowest BCUT2D eigenvalue weighted by molar-refractivity contribution is 0.0950. The third kappa shape index (κ3) is 5.08. The molecule has 0 aliphatic heterocycles. The Balaban J connectivity index is 1.77. The Morgan fingerprint density at radius 3 is 2.43 bits per heavy atom. The van der Waals surface area contributed by atoms with Crippen LogP contribution in [0, 0.1) is 5.82 Å². The number of methoxy groups -OCH3 is 1. The van der Waals surface area contributed by atoms with E-state index < -0.39 is 21.7 Å². The first-order valence-electron chi connectivity index (χ1n) is 8.78. The molecule has 0 unspecified atom stereocenters. The van der Waals surface area contributed by atoms with E-state index in [1.165, 1.54) is 55.6 Å². The number of sulfonamides is 1. The predicted molar refractivity (Wildman–Crippen MR) is 113 cm³/mol. The second-order valence-corrected chi connectivity index (χ2v) is 8.34. The minimum Gasteiger partial charge on any atom is -0.497 e. The third-order valence-corrected chi connectivity index (χ3v) is 5.96. The van der Waals surface area contributed by atoms with E-state index in [-0.39, 0.29) is 27.7 Å². The molecule has 3 rings (SSSR count). The van der Waals surface area contributed by atoms with Crippen LogP contribution < -0.4 is 14.8 Å². The number of rotatable bonds is 7. The Morgan fingerprint density at radius 1 is 1.07 bits per heavy atom. The van der Waals surface area contributed by atoms with Gasteiger partial charge in [0.2, 0.25) is 0 Å². The lowest BCUT2D eigenvalue weighted by Gasteiger charge is -2.12. The summed E-state index contributed by atoms with van der Waals surface area (Å²) in [5.74, 6) is -0.479. The van der Waals surface area contributed by atoms with Crippen molar-refractivity contribution < 1.29 is 22.3 Å². The monoisotopic (exact) mass is 448 g/mol. The highest BCUT2D eigenvalue weighted by Crippen LogP contribution is 2.24. The Labute approximate surface area is 178 Å². The van der Waals surface area contributed by atoms with E-state index >= 15 is 0 Å². The molecule has 9 heteroatoms. The van der Waals surface area contributed by atoms with Crippen LogP contribution in [0.3, 0.4) is 0 Å². The molecule has 3 aromatic rings. The average molecular weight is 449 g/mol. The summed E-state index contributed by atoms with van der Waals surface area (Å²) in [4.78, 5) is 12.5. The van der Waals surface area contributed by atoms with Crippen LogP contribution in [0.25, 0.3) is 0 Å². The van der Waals surface area contributed by atoms with Crippen LogP contribution in [-0.4, -0.2) is 21.4 Å². The minimum absolute atomic E-state index is 0.0313. The molecule has 3 aromatic carbocycles. The molecule has 0 bridgehead atoms. The van der Waals surface area contributed by atoms with Gasteiger partial charge in [-0.25, -0.2) is 12.8 Å². The van der Waals surface area contributed by atoms with E-state index in [4.69, 9.17) is 16.3 Å². The van der Waals surface area contributed by atoms with E-state index in [0.29, 0.717) is 11.3 Å². The second kappa shape index (κ2) is 9.15. The quantitative estimate of drug-likeness (QED) is 0.566. The number of hydrogen-bond donors (Lipinski definition) is 2. The number of amides is 1. The maximum atomic E-state index is 13.7. The lowest BCUT2D eigenvalue weighted by atomic mass is 10.1. The molecule has 30 heavy (non-hydrogen) atoms. The zero-order chi connectivity index (χ0) is 21.7. The number of carbonyl (C=O) groups excluding carboxylic acids is 1. The molecule has 0 atom stereocenters. The average Bonchev–Trinajstić information content (AvgIpc) is 2.74. The first kappa shape index (κ1) is 21.6. The van der Waals surface area contributed by atoms with Gasteiger partial charge in [0, 0.05) is 17.8 Å². The van der Waals surface area contributed by atoms with Gasteiger partial charge in [0.25, 0.3) is 15.9 Å². The Bertz CT molecular complexity index is 1170. The number of nitrogens with one attached hydrogen (secondary N) is 2. The smallest absolute Gasteiger partial charge is 0.261 e. The van der Waals surface area contributed by atoms with Gasteiger partial charge in [0.15, 0.2) is 0 Å². The summed E-state index contributed by atoms with van der Waals surface area (Å²) >= 11 is 6.10. The molecular formula is C21H18ClFN2O4S. The summed E-state index contributed by atoms with van der Waals surface area (Å²) in [7, 11) is -2.40. The maximum Gasteiger partial charge on any atom is 0.261 e. The van der Waals surface area contributed by atoms with Crippen molar-refractivity contribution >= 4 is 33.2 Å². The van der Waals surface area contributed by atoms with E-state index in [2.05, 4.69) is 10.0 Å². The van der Waals surface area contributed by atoms with Crippen molar-refractivity contribution in [2.45, 2.75) is 11.4 Å². The summed E-state index contributed by atoms with van der Waals surface area (Å²) in [6.45, 7) is -0.0381. The maximum absolute atomic E-state index is 13.7. The third-order valence-electron chi connectivity index (χ3n) is 4.23. The summed E-state index contributed by atoms with van der Waals surface area (Å²) in [5, 5.41) is 2.71. The zero-order valence-corrected chi connectivity index (χ0v) is 17.4. The first-order valence-corrected chi connectivity index (χ1v) is 10.6. The molecule has 0 saturated carbocycles. The van der Waals surface area contributed by atoms with Crippen molar-refractivity contribution in [1.29, 1.82) is 0 Å². The van der Waals surface area contributed by atoms with Gasteiger partial charge in [-0.15, -0.1) is 0 Å². The Morgan fingerprint density at radius 2 is 1.77 bits per heavy atom. The topological polar surface area (TPSA) is 84.5 Å². The van der Waals surface area contributed by atoms with E-state index in [9.17, 15) is 17.6 Å². The fourth-order valence-corrected chi connectivity index (χ4v) is 3.90. The molecule has 0 aromatic heterocycles. The van der Waals surface area contributed by atoms with Crippen molar-refractivity contribution in [3.05, 3.63) is 88.7 Å². The lowest BCUT2D eigenvalue weighted by Crippen LogP contribution is -2.24. The fourth-order valence-electron chi connectivity index (χ4n) is 2.64. The molecule has 2 N–H and O–H groups in total. The number of ether oxygens (including phenoxy) is 1. The van der Waals surface area contributed by atoms with Crippen LogP contribution in [0.2, 0.25) is 5.02 Å². The van der Waals surface area contributed by atoms with Crippen molar-refractivity contribution in [2.24, 2.45) is 0 Å². The Kier molecular flexibility index (Phi) is 6.59. The molecule has 6 nitrogen and oxygen atoms in total. The van der Waals surface area contributed by atoms with Gasteiger partial charge in [-0.1, -0.05) is 29.8 Å². The van der Waals surface area contributed by atoms with Crippen LogP contribution in [0.4, 0.5) is 10.1 Å². The number of anilines is 1. The number of carbonyl (C=O) groups is 1. The van der Waals surface area contributed by atoms with Crippen LogP contribution >= 0.6 is 11.6 Å². The van der Waals surface area contributed by atoms with Gasteiger partial charge in [-0.2, -0.15) is 0 Å². The zero-order valence-electron chi connectivity index (χ0n) is 15.9. The molecule has 0 aliphatic rings. The number of halogens is 2.